The number of allylic oxidation sites excluding steroid dienone is 32. The Morgan fingerprint density at radius 1 is 0.228 bits per heavy atom. The summed E-state index contributed by atoms with van der Waals surface area (Å²) in [4.78, 5) is 59.1. The van der Waals surface area contributed by atoms with Gasteiger partial charge in [-0.2, -0.15) is 0 Å². The number of ether oxygens (including phenoxy) is 3. The molecule has 5 unspecified atom stereocenters. The Morgan fingerprint density at radius 2 is 0.407 bits per heavy atom. The SMILES string of the molecule is CC/C=C\C/C=C\C/C=C\C/C=C\C/C=C\C/C=C\CCCCCCCCC(=O)OC(COC(=O)CCCCCCCCCCCCC/C=C\C/C=C\C/C=C\C/C=C\C/C=C\CC)COP(=O)(O)OCC(O)COP(=O)(O)OCC(O)COC(=O)CCCCCCCCCCCCCCCCCCCCC/C=C\C/C=C\C/C=C\C/C=C\C/C=C\CC. The molecule has 0 aliphatic heterocycles. The number of unbranched alkanes of at least 4 members (excludes halogenated alkanes) is 36. The first-order chi connectivity index (χ1) is 60.2. The highest BCUT2D eigenvalue weighted by atomic mass is 31.2. The van der Waals surface area contributed by atoms with Crippen molar-refractivity contribution >= 4 is 33.6 Å². The van der Waals surface area contributed by atoms with E-state index in [1.165, 1.54) is 141 Å². The van der Waals surface area contributed by atoms with E-state index in [0.29, 0.717) is 19.3 Å². The van der Waals surface area contributed by atoms with Gasteiger partial charge < -0.3 is 34.2 Å². The van der Waals surface area contributed by atoms with E-state index in [0.717, 1.165) is 193 Å². The minimum absolute atomic E-state index is 0.0806. The second-order valence-corrected chi connectivity index (χ2v) is 35.0. The van der Waals surface area contributed by atoms with Crippen LogP contribution in [0.25, 0.3) is 0 Å². The molecule has 0 rings (SSSR count). The number of hydrogen-bond donors (Lipinski definition) is 4. The lowest BCUT2D eigenvalue weighted by Gasteiger charge is -2.21. The molecule has 0 aromatic rings. The fraction of sp³-hybridized carbons (Fsp3) is 0.667. The maximum Gasteiger partial charge on any atom is 0.472 e. The second-order valence-electron chi connectivity index (χ2n) is 32.1. The molecule has 123 heavy (non-hydrogen) atoms. The Balaban J connectivity index is 4.59. The van der Waals surface area contributed by atoms with Gasteiger partial charge in [0.05, 0.1) is 26.4 Å². The zero-order valence-electron chi connectivity index (χ0n) is 77.5. The number of rotatable bonds is 91. The fourth-order valence-electron chi connectivity index (χ4n) is 13.0. The zero-order valence-corrected chi connectivity index (χ0v) is 79.3. The van der Waals surface area contributed by atoms with Crippen LogP contribution in [0.5, 0.6) is 0 Å². The van der Waals surface area contributed by atoms with Crippen LogP contribution in [-0.4, -0.2) is 95.9 Å². The first-order valence-corrected chi connectivity index (χ1v) is 51.7. The Hall–Kier alpha value is -5.61. The van der Waals surface area contributed by atoms with Gasteiger partial charge in [-0.15, -0.1) is 0 Å². The molecule has 0 fully saturated rings. The lowest BCUT2D eigenvalue weighted by atomic mass is 10.0. The molecule has 0 aliphatic carbocycles. The van der Waals surface area contributed by atoms with Crippen LogP contribution < -0.4 is 0 Å². The molecular weight excluding hydrogens is 1580 g/mol. The largest absolute Gasteiger partial charge is 0.472 e. The van der Waals surface area contributed by atoms with Gasteiger partial charge in [0.2, 0.25) is 0 Å². The molecule has 702 valence electrons. The van der Waals surface area contributed by atoms with Crippen LogP contribution in [-0.2, 0) is 55.8 Å². The molecule has 0 radical (unpaired) electrons. The molecule has 18 heteroatoms. The van der Waals surface area contributed by atoms with Gasteiger partial charge in [0, 0.05) is 19.3 Å². The molecule has 0 heterocycles. The smallest absolute Gasteiger partial charge is 0.463 e. The van der Waals surface area contributed by atoms with Gasteiger partial charge in [0.1, 0.15) is 25.4 Å². The minimum Gasteiger partial charge on any atom is -0.463 e. The summed E-state index contributed by atoms with van der Waals surface area (Å²) in [5, 5.41) is 20.8. The molecule has 0 saturated carbocycles. The highest BCUT2D eigenvalue weighted by molar-refractivity contribution is 7.47. The monoisotopic (exact) mass is 1760 g/mol. The lowest BCUT2D eigenvalue weighted by Crippen LogP contribution is -2.30. The van der Waals surface area contributed by atoms with E-state index in [9.17, 15) is 43.5 Å². The van der Waals surface area contributed by atoms with Gasteiger partial charge in [-0.25, -0.2) is 9.13 Å². The summed E-state index contributed by atoms with van der Waals surface area (Å²) in [5.74, 6) is -1.59. The summed E-state index contributed by atoms with van der Waals surface area (Å²) in [7, 11) is -9.83. The molecular formula is C105H176O16P2. The molecule has 5 atom stereocenters. The van der Waals surface area contributed by atoms with Gasteiger partial charge in [0.25, 0.3) is 0 Å². The molecule has 0 spiro atoms. The van der Waals surface area contributed by atoms with Crippen molar-refractivity contribution in [1.29, 1.82) is 0 Å². The number of aliphatic hydroxyl groups is 2. The standard InChI is InChI=1S/C105H176O16P2/c1-4-7-10-13-16-19-22-25-28-31-34-37-40-43-45-46-47-48-49-50-51-52-54-57-58-61-64-67-70-73-76-79-82-85-88-91-103(108)115-94-100(106)95-117-122(111,112)118-96-101(107)97-119-123(113,114)120-99-102(121-105(110)93-90-87-84-81-78-75-72-69-66-63-60-55-42-39-36-33-30-27-24-21-18-15-12-9-6-3)98-116-104(109)92-89-86-83-80-77-74-71-68-65-62-59-56-53-44-41-38-35-32-29-26-23-20-17-14-11-8-5-2/h7-12,16-21,25-30,34-39,43-45,53,55,60,66,69,100-102,106-107H,4-6,13-15,22-24,31-33,40-42,46-52,54,56-59,61-65,67-68,70-99H2,1-3H3,(H,111,112)(H,113,114)/b10-7-,11-8-,12-9-,19-16-,20-17-,21-18-,28-25-,29-26-,30-27-,37-34-,38-35-,39-36-,45-43-,53-44-,60-55-,69-66-. The number of esters is 3. The van der Waals surface area contributed by atoms with E-state index in [1.807, 2.05) is 0 Å². The normalized spacial score (nSPS) is 14.6. The zero-order chi connectivity index (χ0) is 89.3. The van der Waals surface area contributed by atoms with Gasteiger partial charge in [0.15, 0.2) is 6.10 Å². The van der Waals surface area contributed by atoms with Crippen LogP contribution in [0, 0.1) is 0 Å². The van der Waals surface area contributed by atoms with Gasteiger partial charge >= 0.3 is 33.6 Å². The third-order valence-electron chi connectivity index (χ3n) is 20.3. The van der Waals surface area contributed by atoms with Crippen molar-refractivity contribution in [2.24, 2.45) is 0 Å². The Morgan fingerprint density at radius 3 is 0.642 bits per heavy atom. The summed E-state index contributed by atoms with van der Waals surface area (Å²) in [6.07, 6.45) is 128. The van der Waals surface area contributed by atoms with E-state index in [-0.39, 0.29) is 19.3 Å². The Labute approximate surface area is 750 Å². The molecule has 4 N–H and O–H groups in total. The molecule has 16 nitrogen and oxygen atoms in total. The number of aliphatic hydroxyl groups excluding tert-OH is 2. The average molecular weight is 1760 g/mol. The second kappa shape index (κ2) is 95.5. The fourth-order valence-corrected chi connectivity index (χ4v) is 14.6. The quantitative estimate of drug-likeness (QED) is 0.0146. The summed E-state index contributed by atoms with van der Waals surface area (Å²) >= 11 is 0. The summed E-state index contributed by atoms with van der Waals surface area (Å²) in [5.41, 5.74) is 0. The van der Waals surface area contributed by atoms with Crippen LogP contribution in [0.4, 0.5) is 0 Å². The van der Waals surface area contributed by atoms with Crippen LogP contribution >= 0.6 is 15.6 Å². The van der Waals surface area contributed by atoms with Crippen molar-refractivity contribution in [3.8, 4) is 0 Å². The van der Waals surface area contributed by atoms with E-state index >= 15 is 0 Å². The third kappa shape index (κ3) is 96.9. The number of phosphoric acid groups is 2. The van der Waals surface area contributed by atoms with Crippen LogP contribution in [0.3, 0.4) is 0 Å². The minimum atomic E-state index is -4.95. The maximum atomic E-state index is 13.1. The summed E-state index contributed by atoms with van der Waals surface area (Å²) in [6, 6.07) is 0. The molecule has 0 aromatic heterocycles. The highest BCUT2D eigenvalue weighted by Crippen LogP contribution is 2.45. The van der Waals surface area contributed by atoms with Gasteiger partial charge in [-0.1, -0.05) is 408 Å². The number of carbonyl (C=O) groups excluding carboxylic acids is 3. The Bertz CT molecular complexity index is 3020. The molecule has 0 bridgehead atoms. The predicted molar refractivity (Wildman–Crippen MR) is 518 cm³/mol. The Kier molecular flexibility index (Phi) is 91.1. The first-order valence-electron chi connectivity index (χ1n) is 48.7. The van der Waals surface area contributed by atoms with Crippen molar-refractivity contribution < 1.29 is 75.8 Å². The average Bonchev–Trinajstić information content (AvgIpc) is 0.916. The first kappa shape index (κ1) is 117. The van der Waals surface area contributed by atoms with Crippen molar-refractivity contribution in [1.82, 2.24) is 0 Å². The third-order valence-corrected chi connectivity index (χ3v) is 22.2. The molecule has 0 saturated heterocycles. The summed E-state index contributed by atoms with van der Waals surface area (Å²) in [6.45, 7) is 2.37. The van der Waals surface area contributed by atoms with E-state index < -0.39 is 91.5 Å². The van der Waals surface area contributed by atoms with Crippen LogP contribution in [0.15, 0.2) is 194 Å². The number of phosphoric ester groups is 2. The van der Waals surface area contributed by atoms with Crippen LogP contribution in [0.2, 0.25) is 0 Å². The van der Waals surface area contributed by atoms with Gasteiger partial charge in [-0.05, 0) is 161 Å². The topological polar surface area (TPSA) is 231 Å². The molecule has 0 aliphatic rings. The summed E-state index contributed by atoms with van der Waals surface area (Å²) < 4.78 is 61.6. The number of hydrogen-bond acceptors (Lipinski definition) is 14. The highest BCUT2D eigenvalue weighted by Gasteiger charge is 2.30. The predicted octanol–water partition coefficient (Wildman–Crippen LogP) is 30.6. The van der Waals surface area contributed by atoms with Crippen molar-refractivity contribution in [2.45, 2.75) is 411 Å². The number of carbonyl (C=O) groups is 3. The molecule has 0 aromatic carbocycles. The van der Waals surface area contributed by atoms with E-state index in [4.69, 9.17) is 32.3 Å². The van der Waals surface area contributed by atoms with E-state index in [2.05, 4.69) is 215 Å². The van der Waals surface area contributed by atoms with Crippen molar-refractivity contribution in [3.05, 3.63) is 194 Å². The maximum absolute atomic E-state index is 13.1. The van der Waals surface area contributed by atoms with Crippen LogP contribution in [0.1, 0.15) is 393 Å². The molecule has 0 amide bonds. The lowest BCUT2D eigenvalue weighted by molar-refractivity contribution is -0.161. The van der Waals surface area contributed by atoms with Crippen molar-refractivity contribution in [3.63, 3.8) is 0 Å². The van der Waals surface area contributed by atoms with Gasteiger partial charge in [-0.3, -0.25) is 32.5 Å². The van der Waals surface area contributed by atoms with Crippen molar-refractivity contribution in [2.75, 3.05) is 39.6 Å². The van der Waals surface area contributed by atoms with E-state index in [1.54, 1.807) is 0 Å².